The molecule has 0 bridgehead atoms. The Labute approximate surface area is 169 Å². The second-order valence-electron chi connectivity index (χ2n) is 6.96. The molecule has 2 atom stereocenters. The molecule has 1 aromatic heterocycles. The largest absolute Gasteiger partial charge is 0.489 e. The lowest BCUT2D eigenvalue weighted by Gasteiger charge is -2.17. The van der Waals surface area contributed by atoms with Crippen molar-refractivity contribution in [2.45, 2.75) is 32.0 Å². The van der Waals surface area contributed by atoms with E-state index in [0.717, 1.165) is 5.69 Å². The highest BCUT2D eigenvalue weighted by Gasteiger charge is 2.16. The van der Waals surface area contributed by atoms with Gasteiger partial charge in [0.05, 0.1) is 24.6 Å². The van der Waals surface area contributed by atoms with Crippen LogP contribution >= 0.6 is 0 Å². The summed E-state index contributed by atoms with van der Waals surface area (Å²) in [4.78, 5) is 16.6. The molecule has 0 spiro atoms. The summed E-state index contributed by atoms with van der Waals surface area (Å²) < 4.78 is 20.5. The molecule has 3 rings (SSSR count). The van der Waals surface area contributed by atoms with Gasteiger partial charge in [-0.25, -0.2) is 9.37 Å². The average Bonchev–Trinajstić information content (AvgIpc) is 3.15. The number of aromatic nitrogens is 2. The number of nitrogens with zero attached hydrogens (tertiary/aromatic N) is 2. The van der Waals surface area contributed by atoms with E-state index in [9.17, 15) is 9.18 Å². The number of hydrogen-bond donors (Lipinski definition) is 2. The number of carbonyl (C=O) groups is 1. The Hall–Kier alpha value is -3.19. The van der Waals surface area contributed by atoms with Gasteiger partial charge in [0.25, 0.3) is 0 Å². The van der Waals surface area contributed by atoms with Gasteiger partial charge in [0.1, 0.15) is 17.7 Å². The summed E-state index contributed by atoms with van der Waals surface area (Å²) >= 11 is 0. The van der Waals surface area contributed by atoms with E-state index in [1.807, 2.05) is 48.0 Å². The van der Waals surface area contributed by atoms with Crippen LogP contribution in [0.15, 0.2) is 67.1 Å². The number of carbonyl (C=O) groups excluding carboxylic acids is 1. The SMILES string of the molecule is CC(CNC(=O)[C@@H](N)Cc1cn(Cc2ccccc2)cn1)Oc1ccc(F)cc1. The van der Waals surface area contributed by atoms with Gasteiger partial charge in [-0.2, -0.15) is 0 Å². The predicted octanol–water partition coefficient (Wildman–Crippen LogP) is 2.52. The molecular weight excluding hydrogens is 371 g/mol. The van der Waals surface area contributed by atoms with E-state index in [1.54, 1.807) is 18.5 Å². The monoisotopic (exact) mass is 396 g/mol. The van der Waals surface area contributed by atoms with Gasteiger partial charge in [0.15, 0.2) is 0 Å². The number of rotatable bonds is 9. The van der Waals surface area contributed by atoms with Crippen LogP contribution in [0.5, 0.6) is 5.75 Å². The van der Waals surface area contributed by atoms with E-state index in [1.165, 1.54) is 17.7 Å². The topological polar surface area (TPSA) is 82.2 Å². The van der Waals surface area contributed by atoms with Crippen molar-refractivity contribution in [2.24, 2.45) is 5.73 Å². The van der Waals surface area contributed by atoms with Crippen molar-refractivity contribution >= 4 is 5.91 Å². The maximum atomic E-state index is 12.9. The molecule has 0 saturated carbocycles. The summed E-state index contributed by atoms with van der Waals surface area (Å²) in [6, 6.07) is 15.1. The molecule has 152 valence electrons. The Morgan fingerprint density at radius 2 is 1.93 bits per heavy atom. The van der Waals surface area contributed by atoms with Gasteiger partial charge in [-0.1, -0.05) is 30.3 Å². The maximum Gasteiger partial charge on any atom is 0.237 e. The molecule has 0 saturated heterocycles. The lowest BCUT2D eigenvalue weighted by atomic mass is 10.1. The van der Waals surface area contributed by atoms with Gasteiger partial charge in [0, 0.05) is 19.2 Å². The van der Waals surface area contributed by atoms with Crippen LogP contribution < -0.4 is 15.8 Å². The highest BCUT2D eigenvalue weighted by Crippen LogP contribution is 2.12. The fourth-order valence-electron chi connectivity index (χ4n) is 2.87. The first-order valence-corrected chi connectivity index (χ1v) is 9.49. The van der Waals surface area contributed by atoms with Crippen LogP contribution in [0.2, 0.25) is 0 Å². The van der Waals surface area contributed by atoms with E-state index in [-0.39, 0.29) is 17.8 Å². The standard InChI is InChI=1S/C22H25FN4O2/c1-16(29-20-9-7-18(23)8-10-20)12-25-22(28)21(24)11-19-14-27(15-26-19)13-17-5-3-2-4-6-17/h2-10,14-16,21H,11-13,24H2,1H3,(H,25,28)/t16?,21-/m0/s1. The van der Waals surface area contributed by atoms with Crippen LogP contribution in [0, 0.1) is 5.82 Å². The Morgan fingerprint density at radius 3 is 2.66 bits per heavy atom. The van der Waals surface area contributed by atoms with Gasteiger partial charge in [0.2, 0.25) is 5.91 Å². The highest BCUT2D eigenvalue weighted by atomic mass is 19.1. The number of nitrogens with one attached hydrogen (secondary N) is 1. The van der Waals surface area contributed by atoms with E-state index in [2.05, 4.69) is 10.3 Å². The number of benzene rings is 2. The van der Waals surface area contributed by atoms with Crippen molar-refractivity contribution in [3.8, 4) is 5.75 Å². The molecule has 1 heterocycles. The van der Waals surface area contributed by atoms with Gasteiger partial charge in [-0.15, -0.1) is 0 Å². The number of amides is 1. The quantitative estimate of drug-likeness (QED) is 0.582. The molecule has 7 heteroatoms. The molecule has 1 unspecified atom stereocenters. The Bertz CT molecular complexity index is 912. The third kappa shape index (κ3) is 6.43. The van der Waals surface area contributed by atoms with Crippen molar-refractivity contribution in [3.05, 3.63) is 84.2 Å². The molecule has 0 aliphatic carbocycles. The summed E-state index contributed by atoms with van der Waals surface area (Å²) in [5.74, 6) is -0.0472. The predicted molar refractivity (Wildman–Crippen MR) is 109 cm³/mol. The van der Waals surface area contributed by atoms with Crippen LogP contribution in [-0.2, 0) is 17.8 Å². The van der Waals surface area contributed by atoms with Crippen molar-refractivity contribution in [1.82, 2.24) is 14.9 Å². The maximum absolute atomic E-state index is 12.9. The summed E-state index contributed by atoms with van der Waals surface area (Å²) in [6.07, 6.45) is 3.72. The number of imidazole rings is 1. The second-order valence-corrected chi connectivity index (χ2v) is 6.96. The Morgan fingerprint density at radius 1 is 1.21 bits per heavy atom. The third-order valence-electron chi connectivity index (χ3n) is 4.38. The van der Waals surface area contributed by atoms with Gasteiger partial charge < -0.3 is 20.4 Å². The lowest BCUT2D eigenvalue weighted by molar-refractivity contribution is -0.122. The Balaban J connectivity index is 1.43. The highest BCUT2D eigenvalue weighted by molar-refractivity contribution is 5.81. The molecule has 0 radical (unpaired) electrons. The lowest BCUT2D eigenvalue weighted by Crippen LogP contribution is -2.45. The zero-order valence-electron chi connectivity index (χ0n) is 16.3. The normalized spacial score (nSPS) is 12.9. The molecule has 2 aromatic carbocycles. The minimum atomic E-state index is -0.701. The van der Waals surface area contributed by atoms with Crippen LogP contribution in [0.25, 0.3) is 0 Å². The second kappa shape index (κ2) is 9.84. The van der Waals surface area contributed by atoms with Gasteiger partial charge in [-0.05, 0) is 36.8 Å². The van der Waals surface area contributed by atoms with E-state index < -0.39 is 6.04 Å². The van der Waals surface area contributed by atoms with Crippen molar-refractivity contribution in [2.75, 3.05) is 6.54 Å². The van der Waals surface area contributed by atoms with Crippen LogP contribution in [-0.4, -0.2) is 34.1 Å². The van der Waals surface area contributed by atoms with Gasteiger partial charge >= 0.3 is 0 Å². The van der Waals surface area contributed by atoms with Gasteiger partial charge in [-0.3, -0.25) is 4.79 Å². The van der Waals surface area contributed by atoms with Crippen molar-refractivity contribution in [1.29, 1.82) is 0 Å². The molecule has 29 heavy (non-hydrogen) atoms. The Kier molecular flexibility index (Phi) is 6.97. The first kappa shape index (κ1) is 20.5. The minimum absolute atomic E-state index is 0.267. The molecule has 1 amide bonds. The smallest absolute Gasteiger partial charge is 0.237 e. The number of hydrogen-bond acceptors (Lipinski definition) is 4. The third-order valence-corrected chi connectivity index (χ3v) is 4.38. The number of halogens is 1. The van der Waals surface area contributed by atoms with E-state index in [0.29, 0.717) is 25.3 Å². The molecular formula is C22H25FN4O2. The summed E-state index contributed by atoms with van der Waals surface area (Å²) in [5.41, 5.74) is 7.96. The van der Waals surface area contributed by atoms with E-state index >= 15 is 0 Å². The number of ether oxygens (including phenoxy) is 1. The van der Waals surface area contributed by atoms with Crippen LogP contribution in [0.1, 0.15) is 18.2 Å². The fraction of sp³-hybridized carbons (Fsp3) is 0.273. The first-order chi connectivity index (χ1) is 14.0. The first-order valence-electron chi connectivity index (χ1n) is 9.49. The van der Waals surface area contributed by atoms with E-state index in [4.69, 9.17) is 10.5 Å². The zero-order chi connectivity index (χ0) is 20.6. The van der Waals surface area contributed by atoms with Crippen molar-refractivity contribution < 1.29 is 13.9 Å². The number of nitrogens with two attached hydrogens (primary N) is 1. The molecule has 3 N–H and O–H groups in total. The molecule has 3 aromatic rings. The molecule has 0 fully saturated rings. The fourth-order valence-corrected chi connectivity index (χ4v) is 2.87. The van der Waals surface area contributed by atoms with Crippen molar-refractivity contribution in [3.63, 3.8) is 0 Å². The summed E-state index contributed by atoms with van der Waals surface area (Å²) in [6.45, 7) is 2.83. The molecule has 0 aliphatic heterocycles. The summed E-state index contributed by atoms with van der Waals surface area (Å²) in [5, 5.41) is 2.78. The zero-order valence-corrected chi connectivity index (χ0v) is 16.3. The molecule has 0 aliphatic rings. The van der Waals surface area contributed by atoms with Crippen LogP contribution in [0.4, 0.5) is 4.39 Å². The van der Waals surface area contributed by atoms with Crippen LogP contribution in [0.3, 0.4) is 0 Å². The average molecular weight is 396 g/mol. The molecule has 6 nitrogen and oxygen atoms in total. The summed E-state index contributed by atoms with van der Waals surface area (Å²) in [7, 11) is 0. The minimum Gasteiger partial charge on any atom is -0.489 e.